The van der Waals surface area contributed by atoms with Crippen molar-refractivity contribution in [1.29, 1.82) is 0 Å². The number of aryl methyl sites for hydroxylation is 3. The van der Waals surface area contributed by atoms with Crippen molar-refractivity contribution in [1.82, 2.24) is 14.5 Å². The molecule has 2 heterocycles. The third-order valence-electron chi connectivity index (χ3n) is 3.59. The Hall–Kier alpha value is -1.87. The van der Waals surface area contributed by atoms with Crippen LogP contribution in [0, 0.1) is 20.8 Å². The van der Waals surface area contributed by atoms with Gasteiger partial charge >= 0.3 is 0 Å². The molecule has 0 saturated carbocycles. The van der Waals surface area contributed by atoms with Gasteiger partial charge in [-0.2, -0.15) is 0 Å². The molecule has 1 aromatic carbocycles. The number of halogens is 1. The molecule has 3 nitrogen and oxygen atoms in total. The van der Waals surface area contributed by atoms with Crippen molar-refractivity contribution in [3.63, 3.8) is 0 Å². The fourth-order valence-electron chi connectivity index (χ4n) is 2.71. The Balaban J connectivity index is 2.39. The zero-order chi connectivity index (χ0) is 15.1. The van der Waals surface area contributed by atoms with E-state index in [1.165, 1.54) is 11.1 Å². The average molecular weight is 300 g/mol. The molecule has 3 rings (SSSR count). The average Bonchev–Trinajstić information content (AvgIpc) is 2.78. The summed E-state index contributed by atoms with van der Waals surface area (Å²) in [6.07, 6.45) is 1.82. The molecule has 1 atom stereocenters. The first-order valence-electron chi connectivity index (χ1n) is 7.04. The predicted molar refractivity (Wildman–Crippen MR) is 87.3 cm³/mol. The Morgan fingerprint density at radius 2 is 1.76 bits per heavy atom. The van der Waals surface area contributed by atoms with Gasteiger partial charge in [0, 0.05) is 11.9 Å². The summed E-state index contributed by atoms with van der Waals surface area (Å²) < 4.78 is 2.07. The van der Waals surface area contributed by atoms with Crippen molar-refractivity contribution >= 4 is 22.8 Å². The molecule has 0 fully saturated rings. The van der Waals surface area contributed by atoms with E-state index in [2.05, 4.69) is 41.6 Å². The molecule has 2 aromatic heterocycles. The van der Waals surface area contributed by atoms with Gasteiger partial charge in [-0.3, -0.25) is 4.57 Å². The Morgan fingerprint density at radius 1 is 1.10 bits per heavy atom. The van der Waals surface area contributed by atoms with E-state index in [9.17, 15) is 0 Å². The molecule has 3 aromatic rings. The summed E-state index contributed by atoms with van der Waals surface area (Å²) >= 11 is 6.35. The molecule has 0 amide bonds. The highest BCUT2D eigenvalue weighted by molar-refractivity contribution is 6.20. The SMILES string of the molecule is Cc1cc(C)cc(-n2c(C(C)Cl)nc3c(C)ccnc32)c1. The Labute approximate surface area is 129 Å². The van der Waals surface area contributed by atoms with Crippen molar-refractivity contribution in [3.8, 4) is 5.69 Å². The van der Waals surface area contributed by atoms with E-state index in [-0.39, 0.29) is 5.38 Å². The van der Waals surface area contributed by atoms with Crippen LogP contribution in [-0.2, 0) is 0 Å². The van der Waals surface area contributed by atoms with E-state index in [0.717, 1.165) is 28.2 Å². The number of fused-ring (bicyclic) bond motifs is 1. The minimum absolute atomic E-state index is 0.181. The summed E-state index contributed by atoms with van der Waals surface area (Å²) in [6.45, 7) is 8.18. The van der Waals surface area contributed by atoms with E-state index in [4.69, 9.17) is 16.6 Å². The molecule has 0 aliphatic carbocycles. The molecule has 108 valence electrons. The van der Waals surface area contributed by atoms with Crippen LogP contribution in [0.15, 0.2) is 30.5 Å². The van der Waals surface area contributed by atoms with Gasteiger partial charge in [-0.15, -0.1) is 11.6 Å². The molecule has 0 radical (unpaired) electrons. The van der Waals surface area contributed by atoms with Crippen LogP contribution in [0.25, 0.3) is 16.9 Å². The summed E-state index contributed by atoms with van der Waals surface area (Å²) in [5.74, 6) is 0.832. The van der Waals surface area contributed by atoms with E-state index < -0.39 is 0 Å². The minimum Gasteiger partial charge on any atom is -0.279 e. The summed E-state index contributed by atoms with van der Waals surface area (Å²) in [5, 5.41) is -0.181. The van der Waals surface area contributed by atoms with Crippen LogP contribution in [0.5, 0.6) is 0 Å². The first-order valence-corrected chi connectivity index (χ1v) is 7.47. The van der Waals surface area contributed by atoms with Crippen molar-refractivity contribution in [2.75, 3.05) is 0 Å². The van der Waals surface area contributed by atoms with Gasteiger partial charge in [0.2, 0.25) is 0 Å². The summed E-state index contributed by atoms with van der Waals surface area (Å²) in [5.41, 5.74) is 6.39. The van der Waals surface area contributed by atoms with E-state index >= 15 is 0 Å². The smallest absolute Gasteiger partial charge is 0.164 e. The Kier molecular flexibility index (Phi) is 3.46. The zero-order valence-electron chi connectivity index (χ0n) is 12.7. The van der Waals surface area contributed by atoms with Crippen molar-refractivity contribution in [2.24, 2.45) is 0 Å². The summed E-state index contributed by atoms with van der Waals surface area (Å²) in [6, 6.07) is 8.41. The molecule has 0 bridgehead atoms. The van der Waals surface area contributed by atoms with Gasteiger partial charge in [-0.05, 0) is 62.6 Å². The molecule has 0 aliphatic heterocycles. The van der Waals surface area contributed by atoms with Crippen LogP contribution in [0.3, 0.4) is 0 Å². The monoisotopic (exact) mass is 299 g/mol. The number of aromatic nitrogens is 3. The van der Waals surface area contributed by atoms with Gasteiger partial charge in [0.1, 0.15) is 11.3 Å². The van der Waals surface area contributed by atoms with Crippen molar-refractivity contribution < 1.29 is 0 Å². The number of rotatable bonds is 2. The third kappa shape index (κ3) is 2.42. The molecule has 0 N–H and O–H groups in total. The highest BCUT2D eigenvalue weighted by Crippen LogP contribution is 2.29. The summed E-state index contributed by atoms with van der Waals surface area (Å²) in [4.78, 5) is 9.24. The lowest BCUT2D eigenvalue weighted by molar-refractivity contribution is 0.875. The normalized spacial score (nSPS) is 12.8. The second kappa shape index (κ2) is 5.15. The van der Waals surface area contributed by atoms with Crippen molar-refractivity contribution in [2.45, 2.75) is 33.1 Å². The first kappa shape index (κ1) is 14.1. The second-order valence-electron chi connectivity index (χ2n) is 5.57. The number of imidazole rings is 1. The zero-order valence-corrected chi connectivity index (χ0v) is 13.4. The maximum atomic E-state index is 6.35. The maximum Gasteiger partial charge on any atom is 0.164 e. The molecule has 0 aliphatic rings. The van der Waals surface area contributed by atoms with Gasteiger partial charge in [0.15, 0.2) is 5.65 Å². The topological polar surface area (TPSA) is 30.7 Å². The molecule has 0 spiro atoms. The second-order valence-corrected chi connectivity index (χ2v) is 6.22. The number of benzene rings is 1. The standard InChI is InChI=1S/C17H18ClN3/c1-10-7-11(2)9-14(8-10)21-16(13(4)18)20-15-12(3)5-6-19-17(15)21/h5-9,13H,1-4H3. The Morgan fingerprint density at radius 3 is 2.38 bits per heavy atom. The predicted octanol–water partition coefficient (Wildman–Crippen LogP) is 4.65. The molecule has 1 unspecified atom stereocenters. The number of hydrogen-bond donors (Lipinski definition) is 0. The highest BCUT2D eigenvalue weighted by Gasteiger charge is 2.18. The molecule has 4 heteroatoms. The lowest BCUT2D eigenvalue weighted by Gasteiger charge is -2.11. The molecule has 21 heavy (non-hydrogen) atoms. The van der Waals surface area contributed by atoms with Gasteiger partial charge in [-0.1, -0.05) is 6.07 Å². The minimum atomic E-state index is -0.181. The van der Waals surface area contributed by atoms with Crippen LogP contribution >= 0.6 is 11.6 Å². The van der Waals surface area contributed by atoms with Gasteiger partial charge in [-0.25, -0.2) is 9.97 Å². The largest absolute Gasteiger partial charge is 0.279 e. The highest BCUT2D eigenvalue weighted by atomic mass is 35.5. The molecule has 0 saturated heterocycles. The van der Waals surface area contributed by atoms with Gasteiger partial charge < -0.3 is 0 Å². The molecular formula is C17H18ClN3. The van der Waals surface area contributed by atoms with Crippen LogP contribution in [-0.4, -0.2) is 14.5 Å². The quantitative estimate of drug-likeness (QED) is 0.645. The fourth-order valence-corrected chi connectivity index (χ4v) is 2.86. The number of pyridine rings is 1. The van der Waals surface area contributed by atoms with Crippen LogP contribution in [0.1, 0.15) is 34.8 Å². The summed E-state index contributed by atoms with van der Waals surface area (Å²) in [7, 11) is 0. The number of alkyl halides is 1. The van der Waals surface area contributed by atoms with Gasteiger partial charge in [0.25, 0.3) is 0 Å². The first-order chi connectivity index (χ1) is 9.97. The van der Waals surface area contributed by atoms with Crippen molar-refractivity contribution in [3.05, 3.63) is 53.0 Å². The number of nitrogens with zero attached hydrogens (tertiary/aromatic N) is 3. The third-order valence-corrected chi connectivity index (χ3v) is 3.79. The van der Waals surface area contributed by atoms with E-state index in [1.807, 2.05) is 26.1 Å². The van der Waals surface area contributed by atoms with E-state index in [0.29, 0.717) is 0 Å². The molecular weight excluding hydrogens is 282 g/mol. The van der Waals surface area contributed by atoms with Crippen LogP contribution < -0.4 is 0 Å². The fraction of sp³-hybridized carbons (Fsp3) is 0.294. The lowest BCUT2D eigenvalue weighted by atomic mass is 10.1. The van der Waals surface area contributed by atoms with Crippen LogP contribution in [0.2, 0.25) is 0 Å². The maximum absolute atomic E-state index is 6.35. The van der Waals surface area contributed by atoms with Gasteiger partial charge in [0.05, 0.1) is 5.38 Å². The number of hydrogen-bond acceptors (Lipinski definition) is 2. The van der Waals surface area contributed by atoms with Crippen LogP contribution in [0.4, 0.5) is 0 Å². The van der Waals surface area contributed by atoms with E-state index in [1.54, 1.807) is 0 Å². The Bertz CT molecular complexity index is 798. The lowest BCUT2D eigenvalue weighted by Crippen LogP contribution is -2.03.